The molecule has 116 valence electrons. The Kier molecular flexibility index (Phi) is 3.04. The van der Waals surface area contributed by atoms with E-state index in [9.17, 15) is 0 Å². The normalized spacial score (nSPS) is 11.7. The van der Waals surface area contributed by atoms with E-state index >= 15 is 0 Å². The van der Waals surface area contributed by atoms with Crippen molar-refractivity contribution < 1.29 is 0 Å². The van der Waals surface area contributed by atoms with E-state index in [1.54, 1.807) is 6.20 Å². The maximum absolute atomic E-state index is 4.63. The molecule has 0 aliphatic rings. The first-order valence-corrected chi connectivity index (χ1v) is 7.68. The summed E-state index contributed by atoms with van der Waals surface area (Å²) in [6, 6.07) is 10.4. The highest BCUT2D eigenvalue weighted by Crippen LogP contribution is 2.27. The van der Waals surface area contributed by atoms with Gasteiger partial charge in [-0.3, -0.25) is 14.8 Å². The van der Waals surface area contributed by atoms with Crippen LogP contribution in [0.15, 0.2) is 36.5 Å². The van der Waals surface area contributed by atoms with Crippen molar-refractivity contribution in [2.75, 3.05) is 5.32 Å². The topological polar surface area (TPSA) is 71.4 Å². The second-order valence-electron chi connectivity index (χ2n) is 5.95. The van der Waals surface area contributed by atoms with Crippen molar-refractivity contribution in [2.45, 2.75) is 26.8 Å². The quantitative estimate of drug-likeness (QED) is 0.601. The number of hydrogen-bond acceptors (Lipinski definition) is 4. The number of fused-ring (bicyclic) bond motifs is 2. The second kappa shape index (κ2) is 5.08. The lowest BCUT2D eigenvalue weighted by atomic mass is 10.2. The Labute approximate surface area is 133 Å². The van der Waals surface area contributed by atoms with E-state index in [0.717, 1.165) is 39.1 Å². The SMILES string of the molecule is Cc1nn(C(C)C)c2ccc(Nc3n[nH]c4cccnc34)cc12. The average molecular weight is 306 g/mol. The second-order valence-corrected chi connectivity index (χ2v) is 5.95. The summed E-state index contributed by atoms with van der Waals surface area (Å²) in [6.07, 6.45) is 1.77. The van der Waals surface area contributed by atoms with E-state index in [-0.39, 0.29) is 0 Å². The summed E-state index contributed by atoms with van der Waals surface area (Å²) >= 11 is 0. The Bertz CT molecular complexity index is 995. The molecular weight excluding hydrogens is 288 g/mol. The molecule has 0 aliphatic carbocycles. The van der Waals surface area contributed by atoms with Gasteiger partial charge in [-0.15, -0.1) is 0 Å². The fourth-order valence-corrected chi connectivity index (χ4v) is 2.84. The molecule has 0 aliphatic heterocycles. The van der Waals surface area contributed by atoms with Crippen LogP contribution in [-0.4, -0.2) is 25.0 Å². The molecule has 6 nitrogen and oxygen atoms in total. The molecule has 0 amide bonds. The molecule has 4 rings (SSSR count). The van der Waals surface area contributed by atoms with Gasteiger partial charge in [0.1, 0.15) is 5.52 Å². The van der Waals surface area contributed by atoms with E-state index in [4.69, 9.17) is 0 Å². The van der Waals surface area contributed by atoms with Gasteiger partial charge in [-0.05, 0) is 51.1 Å². The number of nitrogens with one attached hydrogen (secondary N) is 2. The van der Waals surface area contributed by atoms with Crippen molar-refractivity contribution >= 4 is 33.4 Å². The van der Waals surface area contributed by atoms with Crippen LogP contribution in [0.5, 0.6) is 0 Å². The molecule has 4 aromatic rings. The van der Waals surface area contributed by atoms with Crippen LogP contribution >= 0.6 is 0 Å². The first kappa shape index (κ1) is 13.8. The molecule has 3 aromatic heterocycles. The molecule has 3 heterocycles. The van der Waals surface area contributed by atoms with Crippen LogP contribution in [0.2, 0.25) is 0 Å². The Hall–Kier alpha value is -2.89. The fraction of sp³-hybridized carbons (Fsp3) is 0.235. The number of rotatable bonds is 3. The lowest BCUT2D eigenvalue weighted by Gasteiger charge is -2.08. The molecule has 0 radical (unpaired) electrons. The summed E-state index contributed by atoms with van der Waals surface area (Å²) in [5.74, 6) is 0.730. The Morgan fingerprint density at radius 3 is 2.91 bits per heavy atom. The van der Waals surface area contributed by atoms with Crippen LogP contribution in [0.3, 0.4) is 0 Å². The number of H-pyrrole nitrogens is 1. The van der Waals surface area contributed by atoms with E-state index in [1.807, 2.05) is 25.1 Å². The smallest absolute Gasteiger partial charge is 0.178 e. The summed E-state index contributed by atoms with van der Waals surface area (Å²) in [5.41, 5.74) is 4.90. The van der Waals surface area contributed by atoms with Gasteiger partial charge in [-0.2, -0.15) is 10.2 Å². The molecule has 0 unspecified atom stereocenters. The molecular formula is C17H18N6. The molecule has 0 bridgehead atoms. The van der Waals surface area contributed by atoms with Gasteiger partial charge in [0, 0.05) is 23.3 Å². The first-order valence-electron chi connectivity index (χ1n) is 7.68. The van der Waals surface area contributed by atoms with E-state index in [1.165, 1.54) is 0 Å². The average Bonchev–Trinajstić information content (AvgIpc) is 3.10. The van der Waals surface area contributed by atoms with Crippen molar-refractivity contribution in [3.63, 3.8) is 0 Å². The molecule has 0 spiro atoms. The number of benzene rings is 1. The minimum absolute atomic E-state index is 0.337. The zero-order valence-electron chi connectivity index (χ0n) is 13.3. The summed E-state index contributed by atoms with van der Waals surface area (Å²) in [5, 5.41) is 16.4. The number of aryl methyl sites for hydroxylation is 1. The Morgan fingerprint density at radius 1 is 1.22 bits per heavy atom. The van der Waals surface area contributed by atoms with Crippen molar-refractivity contribution in [1.82, 2.24) is 25.0 Å². The summed E-state index contributed by atoms with van der Waals surface area (Å²) in [4.78, 5) is 4.37. The molecule has 6 heteroatoms. The summed E-state index contributed by atoms with van der Waals surface area (Å²) < 4.78 is 2.06. The van der Waals surface area contributed by atoms with Crippen LogP contribution in [0.4, 0.5) is 11.5 Å². The fourth-order valence-electron chi connectivity index (χ4n) is 2.84. The van der Waals surface area contributed by atoms with Crippen LogP contribution in [0.1, 0.15) is 25.6 Å². The van der Waals surface area contributed by atoms with Crippen LogP contribution in [0, 0.1) is 6.92 Å². The van der Waals surface area contributed by atoms with Crippen molar-refractivity contribution in [1.29, 1.82) is 0 Å². The van der Waals surface area contributed by atoms with E-state index in [2.05, 4.69) is 56.3 Å². The molecule has 1 aromatic carbocycles. The standard InChI is InChI=1S/C17H18N6/c1-10(2)23-15-7-6-12(9-13(15)11(3)22-23)19-17-16-14(20-21-17)5-4-8-18-16/h4-10H,1-3H3,(H2,19,20,21). The van der Waals surface area contributed by atoms with Crippen LogP contribution < -0.4 is 5.32 Å². The Balaban J connectivity index is 1.76. The van der Waals surface area contributed by atoms with Crippen LogP contribution in [-0.2, 0) is 0 Å². The van der Waals surface area contributed by atoms with Gasteiger partial charge in [0.25, 0.3) is 0 Å². The maximum Gasteiger partial charge on any atom is 0.178 e. The van der Waals surface area contributed by atoms with Crippen molar-refractivity contribution in [3.05, 3.63) is 42.2 Å². The number of hydrogen-bond donors (Lipinski definition) is 2. The monoisotopic (exact) mass is 306 g/mol. The summed E-state index contributed by atoms with van der Waals surface area (Å²) in [6.45, 7) is 6.32. The van der Waals surface area contributed by atoms with Crippen LogP contribution in [0.25, 0.3) is 21.9 Å². The molecule has 2 N–H and O–H groups in total. The Morgan fingerprint density at radius 2 is 2.09 bits per heavy atom. The van der Waals surface area contributed by atoms with Gasteiger partial charge in [-0.1, -0.05) is 0 Å². The predicted octanol–water partition coefficient (Wildman–Crippen LogP) is 3.94. The first-order chi connectivity index (χ1) is 11.1. The number of anilines is 2. The number of nitrogens with zero attached hydrogens (tertiary/aromatic N) is 4. The largest absolute Gasteiger partial charge is 0.337 e. The number of aromatic amines is 1. The predicted molar refractivity (Wildman–Crippen MR) is 92.0 cm³/mol. The van der Waals surface area contributed by atoms with Gasteiger partial charge in [-0.25, -0.2) is 0 Å². The maximum atomic E-state index is 4.63. The van der Waals surface area contributed by atoms with Crippen molar-refractivity contribution in [3.8, 4) is 0 Å². The minimum Gasteiger partial charge on any atom is -0.337 e. The van der Waals surface area contributed by atoms with Gasteiger partial charge >= 0.3 is 0 Å². The lowest BCUT2D eigenvalue weighted by molar-refractivity contribution is 0.547. The molecule has 23 heavy (non-hydrogen) atoms. The molecule has 0 saturated carbocycles. The van der Waals surface area contributed by atoms with Gasteiger partial charge in [0.05, 0.1) is 16.7 Å². The number of pyridine rings is 1. The highest BCUT2D eigenvalue weighted by molar-refractivity contribution is 5.90. The summed E-state index contributed by atoms with van der Waals surface area (Å²) in [7, 11) is 0. The van der Waals surface area contributed by atoms with Crippen molar-refractivity contribution in [2.24, 2.45) is 0 Å². The highest BCUT2D eigenvalue weighted by Gasteiger charge is 2.12. The van der Waals surface area contributed by atoms with Gasteiger partial charge in [0.2, 0.25) is 0 Å². The highest BCUT2D eigenvalue weighted by atomic mass is 15.3. The molecule has 0 fully saturated rings. The zero-order chi connectivity index (χ0) is 16.0. The third-order valence-electron chi connectivity index (χ3n) is 3.96. The third kappa shape index (κ3) is 2.23. The number of aromatic nitrogens is 5. The van der Waals surface area contributed by atoms with Gasteiger partial charge in [0.15, 0.2) is 5.82 Å². The van der Waals surface area contributed by atoms with Gasteiger partial charge < -0.3 is 5.32 Å². The lowest BCUT2D eigenvalue weighted by Crippen LogP contribution is -2.02. The molecule has 0 saturated heterocycles. The molecule has 0 atom stereocenters. The minimum atomic E-state index is 0.337. The van der Waals surface area contributed by atoms with E-state index < -0.39 is 0 Å². The zero-order valence-corrected chi connectivity index (χ0v) is 13.3. The van der Waals surface area contributed by atoms with E-state index in [0.29, 0.717) is 6.04 Å². The third-order valence-corrected chi connectivity index (χ3v) is 3.96.